The van der Waals surface area contributed by atoms with Crippen molar-refractivity contribution in [1.82, 2.24) is 10.6 Å². The fourth-order valence-corrected chi connectivity index (χ4v) is 1.89. The Hall–Kier alpha value is -1.13. The molecule has 2 N–H and O–H groups in total. The summed E-state index contributed by atoms with van der Waals surface area (Å²) in [7, 11) is 0. The number of benzene rings is 1. The summed E-state index contributed by atoms with van der Waals surface area (Å²) in [6.45, 7) is 6.07. The highest BCUT2D eigenvalue weighted by molar-refractivity contribution is 6.30. The number of hydrogen-bond donors (Lipinski definition) is 2. The zero-order valence-electron chi connectivity index (χ0n) is 11.5. The molecule has 0 spiro atoms. The lowest BCUT2D eigenvalue weighted by molar-refractivity contribution is -0.122. The SMILES string of the molecule is CC(C)NC(=O)C[C@H](C)NCc1cccc(Cl)c1F. The van der Waals surface area contributed by atoms with Crippen LogP contribution in [0, 0.1) is 5.82 Å². The first-order valence-corrected chi connectivity index (χ1v) is 6.73. The van der Waals surface area contributed by atoms with Gasteiger partial charge in [0, 0.05) is 30.6 Å². The summed E-state index contributed by atoms with van der Waals surface area (Å²) < 4.78 is 13.6. The van der Waals surface area contributed by atoms with Crippen LogP contribution in [0.5, 0.6) is 0 Å². The van der Waals surface area contributed by atoms with E-state index in [9.17, 15) is 9.18 Å². The van der Waals surface area contributed by atoms with Crippen LogP contribution < -0.4 is 10.6 Å². The van der Waals surface area contributed by atoms with Crippen molar-refractivity contribution >= 4 is 17.5 Å². The molecule has 0 aromatic heterocycles. The predicted molar refractivity (Wildman–Crippen MR) is 75.6 cm³/mol. The molecule has 1 aromatic carbocycles. The van der Waals surface area contributed by atoms with Crippen LogP contribution in [0.15, 0.2) is 18.2 Å². The van der Waals surface area contributed by atoms with Crippen molar-refractivity contribution in [2.45, 2.75) is 45.8 Å². The molecule has 0 unspecified atom stereocenters. The third-order valence-electron chi connectivity index (χ3n) is 2.61. The van der Waals surface area contributed by atoms with Crippen LogP contribution in [-0.2, 0) is 11.3 Å². The molecule has 5 heteroatoms. The zero-order valence-corrected chi connectivity index (χ0v) is 12.2. The van der Waals surface area contributed by atoms with Crippen LogP contribution in [0.2, 0.25) is 5.02 Å². The second-order valence-corrected chi connectivity index (χ2v) is 5.33. The summed E-state index contributed by atoms with van der Waals surface area (Å²) in [5, 5.41) is 6.05. The minimum Gasteiger partial charge on any atom is -0.354 e. The Kier molecular flexibility index (Phi) is 6.25. The van der Waals surface area contributed by atoms with Gasteiger partial charge in [-0.2, -0.15) is 0 Å². The molecular weight excluding hydrogens is 267 g/mol. The molecule has 0 fully saturated rings. The Bertz CT molecular complexity index is 437. The fraction of sp³-hybridized carbons (Fsp3) is 0.500. The van der Waals surface area contributed by atoms with Gasteiger partial charge < -0.3 is 10.6 Å². The number of nitrogens with one attached hydrogen (secondary N) is 2. The van der Waals surface area contributed by atoms with E-state index in [-0.39, 0.29) is 23.0 Å². The number of rotatable bonds is 6. The van der Waals surface area contributed by atoms with Crippen LogP contribution in [0.1, 0.15) is 32.8 Å². The third-order valence-corrected chi connectivity index (χ3v) is 2.91. The van der Waals surface area contributed by atoms with Gasteiger partial charge in [-0.1, -0.05) is 23.7 Å². The number of amides is 1. The number of carbonyl (C=O) groups is 1. The molecule has 1 atom stereocenters. The van der Waals surface area contributed by atoms with Crippen molar-refractivity contribution in [3.63, 3.8) is 0 Å². The lowest BCUT2D eigenvalue weighted by Crippen LogP contribution is -2.36. The highest BCUT2D eigenvalue weighted by Gasteiger charge is 2.11. The minimum atomic E-state index is -0.407. The van der Waals surface area contributed by atoms with Gasteiger partial charge in [0.05, 0.1) is 5.02 Å². The quantitative estimate of drug-likeness (QED) is 0.844. The Labute approximate surface area is 118 Å². The molecule has 3 nitrogen and oxygen atoms in total. The van der Waals surface area contributed by atoms with Crippen LogP contribution in [0.3, 0.4) is 0 Å². The molecule has 0 saturated carbocycles. The molecule has 0 saturated heterocycles. The second kappa shape index (κ2) is 7.46. The fourth-order valence-electron chi connectivity index (χ4n) is 1.70. The molecule has 0 heterocycles. The summed E-state index contributed by atoms with van der Waals surface area (Å²) in [6, 6.07) is 5.00. The van der Waals surface area contributed by atoms with Crippen molar-refractivity contribution in [2.75, 3.05) is 0 Å². The van der Waals surface area contributed by atoms with Crippen LogP contribution in [0.4, 0.5) is 4.39 Å². The predicted octanol–water partition coefficient (Wildman–Crippen LogP) is 2.87. The standard InChI is InChI=1S/C14H20ClFN2O/c1-9(2)18-13(19)7-10(3)17-8-11-5-4-6-12(15)14(11)16/h4-6,9-10,17H,7-8H2,1-3H3,(H,18,19)/t10-/m0/s1. The molecule has 0 radical (unpaired) electrons. The largest absolute Gasteiger partial charge is 0.354 e. The van der Waals surface area contributed by atoms with E-state index in [0.29, 0.717) is 18.5 Å². The normalized spacial score (nSPS) is 12.5. The highest BCUT2D eigenvalue weighted by Crippen LogP contribution is 2.17. The molecule has 106 valence electrons. The van der Waals surface area contributed by atoms with E-state index < -0.39 is 5.82 Å². The maximum atomic E-state index is 13.6. The summed E-state index contributed by atoms with van der Waals surface area (Å²) in [5.41, 5.74) is 0.503. The Morgan fingerprint density at radius 2 is 2.05 bits per heavy atom. The van der Waals surface area contributed by atoms with E-state index >= 15 is 0 Å². The molecule has 0 aliphatic heterocycles. The van der Waals surface area contributed by atoms with Gasteiger partial charge in [-0.3, -0.25) is 4.79 Å². The summed E-state index contributed by atoms with van der Waals surface area (Å²) in [5.74, 6) is -0.419. The highest BCUT2D eigenvalue weighted by atomic mass is 35.5. The average Bonchev–Trinajstić information content (AvgIpc) is 2.30. The van der Waals surface area contributed by atoms with Crippen molar-refractivity contribution in [3.8, 4) is 0 Å². The van der Waals surface area contributed by atoms with Gasteiger partial charge in [-0.15, -0.1) is 0 Å². The maximum Gasteiger partial charge on any atom is 0.221 e. The monoisotopic (exact) mass is 286 g/mol. The molecule has 1 aromatic rings. The van der Waals surface area contributed by atoms with Crippen LogP contribution in [0.25, 0.3) is 0 Å². The first-order valence-electron chi connectivity index (χ1n) is 6.35. The number of hydrogen-bond acceptors (Lipinski definition) is 2. The van der Waals surface area contributed by atoms with Gasteiger partial charge in [-0.05, 0) is 26.8 Å². The summed E-state index contributed by atoms with van der Waals surface area (Å²) in [4.78, 5) is 11.5. The maximum absolute atomic E-state index is 13.6. The first kappa shape index (κ1) is 15.9. The average molecular weight is 287 g/mol. The van der Waals surface area contributed by atoms with Gasteiger partial charge in [0.2, 0.25) is 5.91 Å². The topological polar surface area (TPSA) is 41.1 Å². The Balaban J connectivity index is 2.44. The number of carbonyl (C=O) groups excluding carboxylic acids is 1. The smallest absolute Gasteiger partial charge is 0.221 e. The Morgan fingerprint density at radius 3 is 2.68 bits per heavy atom. The molecule has 1 amide bonds. The molecule has 19 heavy (non-hydrogen) atoms. The van der Waals surface area contributed by atoms with Crippen LogP contribution >= 0.6 is 11.6 Å². The van der Waals surface area contributed by atoms with E-state index in [1.54, 1.807) is 12.1 Å². The van der Waals surface area contributed by atoms with E-state index in [2.05, 4.69) is 10.6 Å². The third kappa shape index (κ3) is 5.57. The van der Waals surface area contributed by atoms with Gasteiger partial charge in [-0.25, -0.2) is 4.39 Å². The van der Waals surface area contributed by atoms with Crippen molar-refractivity contribution in [3.05, 3.63) is 34.6 Å². The van der Waals surface area contributed by atoms with Crippen LogP contribution in [-0.4, -0.2) is 18.0 Å². The number of halogens is 2. The molecule has 0 bridgehead atoms. The molecule has 0 aliphatic carbocycles. The van der Waals surface area contributed by atoms with Gasteiger partial charge in [0.25, 0.3) is 0 Å². The summed E-state index contributed by atoms with van der Waals surface area (Å²) in [6.07, 6.45) is 0.361. The van der Waals surface area contributed by atoms with Gasteiger partial charge in [0.1, 0.15) is 5.82 Å². The van der Waals surface area contributed by atoms with E-state index in [1.165, 1.54) is 6.07 Å². The lowest BCUT2D eigenvalue weighted by atomic mass is 10.1. The van der Waals surface area contributed by atoms with E-state index in [4.69, 9.17) is 11.6 Å². The van der Waals surface area contributed by atoms with Crippen molar-refractivity contribution in [1.29, 1.82) is 0 Å². The van der Waals surface area contributed by atoms with E-state index in [0.717, 1.165) is 0 Å². The lowest BCUT2D eigenvalue weighted by Gasteiger charge is -2.15. The van der Waals surface area contributed by atoms with E-state index in [1.807, 2.05) is 20.8 Å². The van der Waals surface area contributed by atoms with Gasteiger partial charge in [0.15, 0.2) is 0 Å². The van der Waals surface area contributed by atoms with Crippen molar-refractivity contribution in [2.24, 2.45) is 0 Å². The summed E-state index contributed by atoms with van der Waals surface area (Å²) >= 11 is 5.70. The molecule has 0 aliphatic rings. The zero-order chi connectivity index (χ0) is 14.4. The van der Waals surface area contributed by atoms with Crippen molar-refractivity contribution < 1.29 is 9.18 Å². The minimum absolute atomic E-state index is 0.0124. The Morgan fingerprint density at radius 1 is 1.37 bits per heavy atom. The van der Waals surface area contributed by atoms with Gasteiger partial charge >= 0.3 is 0 Å². The molecular formula is C14H20ClFN2O. The first-order chi connectivity index (χ1) is 8.90. The second-order valence-electron chi connectivity index (χ2n) is 4.92. The molecule has 1 rings (SSSR count).